The van der Waals surface area contributed by atoms with Gasteiger partial charge in [-0.05, 0) is 19.8 Å². The van der Waals surface area contributed by atoms with Crippen LogP contribution in [0.4, 0.5) is 0 Å². The van der Waals surface area contributed by atoms with Crippen LogP contribution in [0, 0.1) is 6.92 Å². The molecule has 0 aliphatic carbocycles. The molecule has 0 fully saturated rings. The minimum Gasteiger partial charge on any atom is -0.478 e. The van der Waals surface area contributed by atoms with Crippen LogP contribution in [0.25, 0.3) is 0 Å². The van der Waals surface area contributed by atoms with Gasteiger partial charge >= 0.3 is 0 Å². The summed E-state index contributed by atoms with van der Waals surface area (Å²) in [5.41, 5.74) is 0.993. The lowest BCUT2D eigenvalue weighted by Crippen LogP contribution is -2.03. The fourth-order valence-corrected chi connectivity index (χ4v) is 1.52. The zero-order valence-corrected chi connectivity index (χ0v) is 10.6. The Bertz CT molecular complexity index is 313. The van der Waals surface area contributed by atoms with Crippen molar-refractivity contribution in [3.63, 3.8) is 0 Å². The molecule has 0 saturated carbocycles. The lowest BCUT2D eigenvalue weighted by atomic mass is 10.2. The lowest BCUT2D eigenvalue weighted by molar-refractivity contribution is 0.303. The summed E-state index contributed by atoms with van der Waals surface area (Å²) in [5, 5.41) is 0. The largest absolute Gasteiger partial charge is 0.478 e. The van der Waals surface area contributed by atoms with Crippen molar-refractivity contribution in [2.45, 2.75) is 52.9 Å². The SMILES string of the molecule is CCCCCc1nc(C)cc(OCCC)n1. The Morgan fingerprint density at radius 3 is 2.62 bits per heavy atom. The number of aryl methyl sites for hydroxylation is 2. The average molecular weight is 222 g/mol. The van der Waals surface area contributed by atoms with Crippen LogP contribution in [0.15, 0.2) is 6.07 Å². The molecule has 0 radical (unpaired) electrons. The molecule has 16 heavy (non-hydrogen) atoms. The number of unbranched alkanes of at least 4 members (excludes halogenated alkanes) is 2. The smallest absolute Gasteiger partial charge is 0.216 e. The zero-order chi connectivity index (χ0) is 11.8. The highest BCUT2D eigenvalue weighted by Gasteiger charge is 2.02. The van der Waals surface area contributed by atoms with Crippen LogP contribution in [0.2, 0.25) is 0 Å². The molecule has 3 nitrogen and oxygen atoms in total. The standard InChI is InChI=1S/C13H22N2O/c1-4-6-7-8-12-14-11(3)10-13(15-12)16-9-5-2/h10H,4-9H2,1-3H3. The first kappa shape index (κ1) is 12.9. The van der Waals surface area contributed by atoms with Gasteiger partial charge in [0.05, 0.1) is 6.61 Å². The van der Waals surface area contributed by atoms with Crippen molar-refractivity contribution in [1.82, 2.24) is 9.97 Å². The summed E-state index contributed by atoms with van der Waals surface area (Å²) in [6.45, 7) is 7.01. The first-order valence-electron chi connectivity index (χ1n) is 6.23. The van der Waals surface area contributed by atoms with Crippen LogP contribution in [-0.4, -0.2) is 16.6 Å². The summed E-state index contributed by atoms with van der Waals surface area (Å²) in [6, 6.07) is 1.90. The first-order chi connectivity index (χ1) is 7.76. The van der Waals surface area contributed by atoms with Crippen molar-refractivity contribution in [2.75, 3.05) is 6.61 Å². The van der Waals surface area contributed by atoms with Crippen LogP contribution in [0.1, 0.15) is 51.0 Å². The van der Waals surface area contributed by atoms with Gasteiger partial charge in [-0.15, -0.1) is 0 Å². The molecule has 1 rings (SSSR count). The van der Waals surface area contributed by atoms with E-state index in [1.807, 2.05) is 13.0 Å². The van der Waals surface area contributed by atoms with Gasteiger partial charge in [0.25, 0.3) is 0 Å². The van der Waals surface area contributed by atoms with Gasteiger partial charge in [0.2, 0.25) is 5.88 Å². The normalized spacial score (nSPS) is 10.4. The monoisotopic (exact) mass is 222 g/mol. The molecule has 0 bridgehead atoms. The Morgan fingerprint density at radius 1 is 1.12 bits per heavy atom. The third-order valence-corrected chi connectivity index (χ3v) is 2.34. The van der Waals surface area contributed by atoms with Crippen molar-refractivity contribution in [2.24, 2.45) is 0 Å². The van der Waals surface area contributed by atoms with Gasteiger partial charge in [-0.1, -0.05) is 26.7 Å². The molecule has 0 aliphatic heterocycles. The van der Waals surface area contributed by atoms with Crippen LogP contribution < -0.4 is 4.74 Å². The van der Waals surface area contributed by atoms with E-state index in [1.165, 1.54) is 12.8 Å². The van der Waals surface area contributed by atoms with Crippen LogP contribution >= 0.6 is 0 Å². The van der Waals surface area contributed by atoms with E-state index in [1.54, 1.807) is 0 Å². The van der Waals surface area contributed by atoms with E-state index in [2.05, 4.69) is 23.8 Å². The maximum atomic E-state index is 5.53. The topological polar surface area (TPSA) is 35.0 Å². The molecule has 3 heteroatoms. The van der Waals surface area contributed by atoms with Crippen LogP contribution in [0.3, 0.4) is 0 Å². The summed E-state index contributed by atoms with van der Waals surface area (Å²) in [6.07, 6.45) is 5.59. The fourth-order valence-electron chi connectivity index (χ4n) is 1.52. The van der Waals surface area contributed by atoms with Crippen molar-refractivity contribution in [1.29, 1.82) is 0 Å². The molecular formula is C13H22N2O. The highest BCUT2D eigenvalue weighted by Crippen LogP contribution is 2.11. The van der Waals surface area contributed by atoms with E-state index in [4.69, 9.17) is 4.74 Å². The molecule has 0 saturated heterocycles. The van der Waals surface area contributed by atoms with Crippen LogP contribution in [-0.2, 0) is 6.42 Å². The predicted molar refractivity (Wildman–Crippen MR) is 65.8 cm³/mol. The van der Waals surface area contributed by atoms with Crippen molar-refractivity contribution < 1.29 is 4.74 Å². The van der Waals surface area contributed by atoms with Crippen molar-refractivity contribution in [3.05, 3.63) is 17.6 Å². The van der Waals surface area contributed by atoms with E-state index in [0.29, 0.717) is 0 Å². The minimum absolute atomic E-state index is 0.723. The summed E-state index contributed by atoms with van der Waals surface area (Å²) < 4.78 is 5.53. The van der Waals surface area contributed by atoms with Gasteiger partial charge < -0.3 is 4.74 Å². The summed E-state index contributed by atoms with van der Waals surface area (Å²) >= 11 is 0. The van der Waals surface area contributed by atoms with Gasteiger partial charge in [0.1, 0.15) is 5.82 Å². The average Bonchev–Trinajstić information content (AvgIpc) is 2.26. The first-order valence-corrected chi connectivity index (χ1v) is 6.23. The van der Waals surface area contributed by atoms with E-state index in [0.717, 1.165) is 43.3 Å². The summed E-state index contributed by atoms with van der Waals surface area (Å²) in [4.78, 5) is 8.83. The lowest BCUT2D eigenvalue weighted by Gasteiger charge is -2.06. The molecular weight excluding hydrogens is 200 g/mol. The summed E-state index contributed by atoms with van der Waals surface area (Å²) in [5.74, 6) is 1.64. The molecule has 1 aromatic rings. The quantitative estimate of drug-likeness (QED) is 0.664. The zero-order valence-electron chi connectivity index (χ0n) is 10.6. The maximum Gasteiger partial charge on any atom is 0.216 e. The second kappa shape index (κ2) is 7.20. The van der Waals surface area contributed by atoms with Crippen molar-refractivity contribution in [3.8, 4) is 5.88 Å². The fraction of sp³-hybridized carbons (Fsp3) is 0.692. The van der Waals surface area contributed by atoms with Gasteiger partial charge in [-0.2, -0.15) is 4.98 Å². The third-order valence-electron chi connectivity index (χ3n) is 2.34. The number of nitrogens with zero attached hydrogens (tertiary/aromatic N) is 2. The number of aromatic nitrogens is 2. The highest BCUT2D eigenvalue weighted by atomic mass is 16.5. The molecule has 1 aromatic heterocycles. The van der Waals surface area contributed by atoms with Crippen LogP contribution in [0.5, 0.6) is 5.88 Å². The van der Waals surface area contributed by atoms with E-state index < -0.39 is 0 Å². The maximum absolute atomic E-state index is 5.53. The second-order valence-corrected chi connectivity index (χ2v) is 4.07. The Kier molecular flexibility index (Phi) is 5.83. The Hall–Kier alpha value is -1.12. The summed E-state index contributed by atoms with van der Waals surface area (Å²) in [7, 11) is 0. The van der Waals surface area contributed by atoms with E-state index >= 15 is 0 Å². The van der Waals surface area contributed by atoms with Gasteiger partial charge in [-0.25, -0.2) is 4.98 Å². The van der Waals surface area contributed by atoms with Crippen molar-refractivity contribution >= 4 is 0 Å². The molecule has 90 valence electrons. The third kappa shape index (κ3) is 4.60. The Balaban J connectivity index is 2.58. The molecule has 0 amide bonds. The number of hydrogen-bond donors (Lipinski definition) is 0. The number of ether oxygens (including phenoxy) is 1. The number of hydrogen-bond acceptors (Lipinski definition) is 3. The Morgan fingerprint density at radius 2 is 1.94 bits per heavy atom. The minimum atomic E-state index is 0.723. The molecule has 0 N–H and O–H groups in total. The van der Waals surface area contributed by atoms with Gasteiger partial charge in [-0.3, -0.25) is 0 Å². The van der Waals surface area contributed by atoms with E-state index in [-0.39, 0.29) is 0 Å². The highest BCUT2D eigenvalue weighted by molar-refractivity contribution is 5.15. The second-order valence-electron chi connectivity index (χ2n) is 4.07. The molecule has 0 spiro atoms. The van der Waals surface area contributed by atoms with E-state index in [9.17, 15) is 0 Å². The Labute approximate surface area is 98.3 Å². The molecule has 0 unspecified atom stereocenters. The molecule has 0 aliphatic rings. The molecule has 0 atom stereocenters. The van der Waals surface area contributed by atoms with Gasteiger partial charge in [0.15, 0.2) is 0 Å². The van der Waals surface area contributed by atoms with Gasteiger partial charge in [0, 0.05) is 18.2 Å². The molecule has 1 heterocycles. The predicted octanol–water partition coefficient (Wildman–Crippen LogP) is 3.31. The molecule has 0 aromatic carbocycles. The number of rotatable bonds is 7.